The molecule has 1 aliphatic heterocycles. The Labute approximate surface area is 164 Å². The minimum absolute atomic E-state index is 0.0554. The highest BCUT2D eigenvalue weighted by Crippen LogP contribution is 2.28. The lowest BCUT2D eigenvalue weighted by Gasteiger charge is -2.40. The Bertz CT molecular complexity index is 867. The van der Waals surface area contributed by atoms with Gasteiger partial charge in [0.15, 0.2) is 12.4 Å². The number of aryl methyl sites for hydroxylation is 1. The van der Waals surface area contributed by atoms with Gasteiger partial charge in [-0.15, -0.1) is 0 Å². The van der Waals surface area contributed by atoms with E-state index in [1.807, 2.05) is 37.3 Å². The predicted octanol–water partition coefficient (Wildman–Crippen LogP) is 1.75. The van der Waals surface area contributed by atoms with Crippen molar-refractivity contribution >= 4 is 10.1 Å². The van der Waals surface area contributed by atoms with Gasteiger partial charge >= 0.3 is 0 Å². The number of aliphatic hydroxyl groups is 2. The first-order valence-corrected chi connectivity index (χ1v) is 10.4. The molecule has 8 heteroatoms. The summed E-state index contributed by atoms with van der Waals surface area (Å²) in [5, 5.41) is 20.7. The van der Waals surface area contributed by atoms with E-state index < -0.39 is 40.8 Å². The van der Waals surface area contributed by atoms with Crippen LogP contribution >= 0.6 is 0 Å². The standard InChI is InChI=1S/C20H24O7S/c1-13-8-10-16(11-9-13)28(23,24)27-19-18(17(21)14(2)26-20(19)22)25-12-15-6-4-3-5-7-15/h3-11,14,17-22H,12H2,1-2H3/t14-,17-,18+,19+,20+/m0/s1. The van der Waals surface area contributed by atoms with Crippen molar-refractivity contribution in [3.05, 3.63) is 65.7 Å². The smallest absolute Gasteiger partial charge is 0.297 e. The normalized spacial score (nSPS) is 28.2. The van der Waals surface area contributed by atoms with Crippen molar-refractivity contribution in [3.8, 4) is 0 Å². The lowest BCUT2D eigenvalue weighted by Crippen LogP contribution is -2.58. The van der Waals surface area contributed by atoms with Crippen molar-refractivity contribution < 1.29 is 32.3 Å². The van der Waals surface area contributed by atoms with Crippen LogP contribution in [0.4, 0.5) is 0 Å². The molecular weight excluding hydrogens is 384 g/mol. The van der Waals surface area contributed by atoms with Crippen molar-refractivity contribution in [1.82, 2.24) is 0 Å². The SMILES string of the molecule is Cc1ccc(S(=O)(=O)O[C@@H]2[C@H](OCc3ccccc3)[C@@H](O)[C@H](C)O[C@H]2O)cc1. The van der Waals surface area contributed by atoms with Gasteiger partial charge in [-0.25, -0.2) is 0 Å². The summed E-state index contributed by atoms with van der Waals surface area (Å²) < 4.78 is 41.5. The average molecular weight is 408 g/mol. The summed E-state index contributed by atoms with van der Waals surface area (Å²) in [5.74, 6) is 0. The van der Waals surface area contributed by atoms with Crippen molar-refractivity contribution in [3.63, 3.8) is 0 Å². The molecule has 152 valence electrons. The van der Waals surface area contributed by atoms with E-state index in [9.17, 15) is 18.6 Å². The lowest BCUT2D eigenvalue weighted by molar-refractivity contribution is -0.281. The van der Waals surface area contributed by atoms with Crippen LogP contribution in [-0.4, -0.2) is 49.3 Å². The summed E-state index contributed by atoms with van der Waals surface area (Å²) in [6.45, 7) is 3.52. The highest BCUT2D eigenvalue weighted by Gasteiger charge is 2.47. The largest absolute Gasteiger partial charge is 0.388 e. The molecule has 1 heterocycles. The fourth-order valence-corrected chi connectivity index (χ4v) is 4.05. The summed E-state index contributed by atoms with van der Waals surface area (Å²) in [6, 6.07) is 15.3. The number of benzene rings is 2. The molecule has 1 saturated heterocycles. The number of ether oxygens (including phenoxy) is 2. The highest BCUT2D eigenvalue weighted by molar-refractivity contribution is 7.86. The fourth-order valence-electron chi connectivity index (χ4n) is 2.97. The minimum atomic E-state index is -4.20. The van der Waals surface area contributed by atoms with Crippen LogP contribution in [0.1, 0.15) is 18.1 Å². The van der Waals surface area contributed by atoms with E-state index in [1.165, 1.54) is 12.1 Å². The van der Waals surface area contributed by atoms with Crippen molar-refractivity contribution in [1.29, 1.82) is 0 Å². The van der Waals surface area contributed by atoms with Crippen molar-refractivity contribution in [2.45, 2.75) is 56.1 Å². The molecule has 7 nitrogen and oxygen atoms in total. The van der Waals surface area contributed by atoms with Gasteiger partial charge in [0.05, 0.1) is 17.6 Å². The molecule has 28 heavy (non-hydrogen) atoms. The van der Waals surface area contributed by atoms with Gasteiger partial charge in [0.2, 0.25) is 0 Å². The van der Waals surface area contributed by atoms with Gasteiger partial charge in [0.1, 0.15) is 12.2 Å². The summed E-state index contributed by atoms with van der Waals surface area (Å²) in [7, 11) is -4.20. The zero-order valence-corrected chi connectivity index (χ0v) is 16.5. The van der Waals surface area contributed by atoms with Crippen molar-refractivity contribution in [2.75, 3.05) is 0 Å². The summed E-state index contributed by atoms with van der Waals surface area (Å²) in [4.78, 5) is -0.0554. The van der Waals surface area contributed by atoms with Crippen LogP contribution in [-0.2, 0) is 30.4 Å². The maximum atomic E-state index is 12.6. The third-order valence-electron chi connectivity index (χ3n) is 4.61. The zero-order chi connectivity index (χ0) is 20.3. The molecule has 3 rings (SSSR count). The van der Waals surface area contributed by atoms with Crippen molar-refractivity contribution in [2.24, 2.45) is 0 Å². The molecule has 0 aliphatic carbocycles. The molecule has 0 unspecified atom stereocenters. The van der Waals surface area contributed by atoms with Crippen LogP contribution in [0.25, 0.3) is 0 Å². The average Bonchev–Trinajstić information content (AvgIpc) is 2.67. The Morgan fingerprint density at radius 1 is 1.00 bits per heavy atom. The topological polar surface area (TPSA) is 102 Å². The van der Waals surface area contributed by atoms with Gasteiger partial charge in [-0.1, -0.05) is 48.0 Å². The number of hydrogen-bond donors (Lipinski definition) is 2. The first-order valence-electron chi connectivity index (χ1n) is 8.95. The molecule has 5 atom stereocenters. The third-order valence-corrected chi connectivity index (χ3v) is 5.93. The van der Waals surface area contributed by atoms with Crippen LogP contribution in [0.15, 0.2) is 59.5 Å². The number of aliphatic hydroxyl groups excluding tert-OH is 2. The molecule has 2 N–H and O–H groups in total. The van der Waals surface area contributed by atoms with Gasteiger partial charge in [-0.3, -0.25) is 4.18 Å². The second kappa shape index (κ2) is 8.69. The van der Waals surface area contributed by atoms with E-state index >= 15 is 0 Å². The van der Waals surface area contributed by atoms with E-state index in [0.29, 0.717) is 0 Å². The Hall–Kier alpha value is -1.81. The van der Waals surface area contributed by atoms with Gasteiger partial charge in [-0.2, -0.15) is 8.42 Å². The quantitative estimate of drug-likeness (QED) is 0.702. The second-order valence-corrected chi connectivity index (χ2v) is 8.38. The summed E-state index contributed by atoms with van der Waals surface area (Å²) >= 11 is 0. The van der Waals surface area contributed by atoms with Crippen LogP contribution in [0.3, 0.4) is 0 Å². The van der Waals surface area contributed by atoms with E-state index in [2.05, 4.69) is 0 Å². The molecular formula is C20H24O7S. The van der Waals surface area contributed by atoms with Gasteiger partial charge in [0, 0.05) is 0 Å². The maximum Gasteiger partial charge on any atom is 0.297 e. The van der Waals surface area contributed by atoms with Gasteiger partial charge in [-0.05, 0) is 31.5 Å². The number of rotatable bonds is 6. The predicted molar refractivity (Wildman–Crippen MR) is 101 cm³/mol. The first kappa shape index (κ1) is 20.9. The molecule has 0 amide bonds. The first-order chi connectivity index (χ1) is 13.3. The Kier molecular flexibility index (Phi) is 6.49. The van der Waals surface area contributed by atoms with E-state index in [4.69, 9.17) is 13.7 Å². The molecule has 1 aliphatic rings. The molecule has 0 saturated carbocycles. The molecule has 1 fully saturated rings. The van der Waals surface area contributed by atoms with Gasteiger partial charge < -0.3 is 19.7 Å². The Morgan fingerprint density at radius 3 is 2.29 bits per heavy atom. The minimum Gasteiger partial charge on any atom is -0.388 e. The Morgan fingerprint density at radius 2 is 1.64 bits per heavy atom. The van der Waals surface area contributed by atoms with Crippen LogP contribution in [0, 0.1) is 6.92 Å². The zero-order valence-electron chi connectivity index (χ0n) is 15.6. The van der Waals surface area contributed by atoms with Crippen LogP contribution < -0.4 is 0 Å². The molecule has 0 aromatic heterocycles. The van der Waals surface area contributed by atoms with E-state index in [1.54, 1.807) is 19.1 Å². The van der Waals surface area contributed by atoms with E-state index in [0.717, 1.165) is 11.1 Å². The molecule has 2 aromatic rings. The summed E-state index contributed by atoms with van der Waals surface area (Å²) in [5.41, 5.74) is 1.73. The van der Waals surface area contributed by atoms with E-state index in [-0.39, 0.29) is 11.5 Å². The molecule has 0 radical (unpaired) electrons. The van der Waals surface area contributed by atoms with Gasteiger partial charge in [0.25, 0.3) is 10.1 Å². The summed E-state index contributed by atoms with van der Waals surface area (Å²) in [6.07, 6.45) is -6.01. The molecule has 0 bridgehead atoms. The highest BCUT2D eigenvalue weighted by atomic mass is 32.2. The Balaban J connectivity index is 1.81. The molecule has 2 aromatic carbocycles. The molecule has 0 spiro atoms. The second-order valence-electron chi connectivity index (χ2n) is 6.81. The van der Waals surface area contributed by atoms with Crippen LogP contribution in [0.2, 0.25) is 0 Å². The monoisotopic (exact) mass is 408 g/mol. The fraction of sp³-hybridized carbons (Fsp3) is 0.400. The maximum absolute atomic E-state index is 12.6. The number of hydrogen-bond acceptors (Lipinski definition) is 7. The van der Waals surface area contributed by atoms with Crippen LogP contribution in [0.5, 0.6) is 0 Å². The lowest BCUT2D eigenvalue weighted by atomic mass is 10.00. The third kappa shape index (κ3) is 4.78.